The van der Waals surface area contributed by atoms with E-state index in [1.165, 1.54) is 0 Å². The molecular weight excluding hydrogens is 304 g/mol. The molecule has 4 rings (SSSR count). The van der Waals surface area contributed by atoms with Crippen LogP contribution in [-0.2, 0) is 4.74 Å². The van der Waals surface area contributed by atoms with Crippen LogP contribution in [0.4, 0.5) is 0 Å². The van der Waals surface area contributed by atoms with Gasteiger partial charge in [-0.2, -0.15) is 5.10 Å². The van der Waals surface area contributed by atoms with Gasteiger partial charge in [-0.3, -0.25) is 4.79 Å². The molecule has 0 saturated carbocycles. The smallest absolute Gasteiger partial charge is 0.275 e. The van der Waals surface area contributed by atoms with Crippen molar-refractivity contribution in [3.8, 4) is 0 Å². The SMILES string of the molecule is CCN1CC[C@H]2OCCN(C(=O)c3nncc4ccccc34)[C@H]2C1. The molecule has 0 radical (unpaired) electrons. The van der Waals surface area contributed by atoms with Gasteiger partial charge in [0.2, 0.25) is 0 Å². The molecule has 2 atom stereocenters. The normalized spacial score (nSPS) is 24.8. The summed E-state index contributed by atoms with van der Waals surface area (Å²) in [7, 11) is 0. The molecular formula is C18H22N4O2. The highest BCUT2D eigenvalue weighted by atomic mass is 16.5. The quantitative estimate of drug-likeness (QED) is 0.838. The summed E-state index contributed by atoms with van der Waals surface area (Å²) in [5.74, 6) is -0.0319. The van der Waals surface area contributed by atoms with Crippen LogP contribution in [0.1, 0.15) is 23.8 Å². The number of nitrogens with zero attached hydrogens (tertiary/aromatic N) is 4. The molecule has 2 aliphatic rings. The largest absolute Gasteiger partial charge is 0.374 e. The summed E-state index contributed by atoms with van der Waals surface area (Å²) in [5, 5.41) is 10.00. The molecule has 0 aliphatic carbocycles. The summed E-state index contributed by atoms with van der Waals surface area (Å²) in [6, 6.07) is 7.88. The van der Waals surface area contributed by atoms with E-state index >= 15 is 0 Å². The molecule has 1 aromatic heterocycles. The number of hydrogen-bond donors (Lipinski definition) is 0. The van der Waals surface area contributed by atoms with Gasteiger partial charge in [-0.15, -0.1) is 5.10 Å². The summed E-state index contributed by atoms with van der Waals surface area (Å²) in [6.07, 6.45) is 2.81. The second-order valence-corrected chi connectivity index (χ2v) is 6.44. The van der Waals surface area contributed by atoms with Crippen LogP contribution in [0.25, 0.3) is 10.8 Å². The van der Waals surface area contributed by atoms with Gasteiger partial charge in [-0.1, -0.05) is 31.2 Å². The van der Waals surface area contributed by atoms with Gasteiger partial charge in [0.15, 0.2) is 5.69 Å². The first kappa shape index (κ1) is 15.5. The Kier molecular flexibility index (Phi) is 4.16. The summed E-state index contributed by atoms with van der Waals surface area (Å²) < 4.78 is 5.92. The number of likely N-dealkylation sites (N-methyl/N-ethyl adjacent to an activating group) is 1. The maximum Gasteiger partial charge on any atom is 0.275 e. The van der Waals surface area contributed by atoms with Crippen LogP contribution in [0, 0.1) is 0 Å². The van der Waals surface area contributed by atoms with Crippen molar-refractivity contribution in [2.45, 2.75) is 25.5 Å². The van der Waals surface area contributed by atoms with Gasteiger partial charge in [-0.25, -0.2) is 0 Å². The first-order valence-corrected chi connectivity index (χ1v) is 8.63. The number of fused-ring (bicyclic) bond motifs is 2. The van der Waals surface area contributed by atoms with E-state index in [2.05, 4.69) is 22.0 Å². The molecule has 2 fully saturated rings. The van der Waals surface area contributed by atoms with Crippen molar-refractivity contribution in [1.29, 1.82) is 0 Å². The number of carbonyl (C=O) groups excluding carboxylic acids is 1. The third kappa shape index (κ3) is 2.65. The van der Waals surface area contributed by atoms with E-state index in [1.54, 1.807) is 6.20 Å². The molecule has 0 bridgehead atoms. The first-order valence-electron chi connectivity index (χ1n) is 8.63. The minimum absolute atomic E-state index is 0.0319. The first-order chi connectivity index (χ1) is 11.8. The van der Waals surface area contributed by atoms with Gasteiger partial charge < -0.3 is 14.5 Å². The van der Waals surface area contributed by atoms with Crippen LogP contribution in [0.2, 0.25) is 0 Å². The highest BCUT2D eigenvalue weighted by molar-refractivity contribution is 6.04. The van der Waals surface area contributed by atoms with Crippen LogP contribution >= 0.6 is 0 Å². The molecule has 126 valence electrons. The predicted molar refractivity (Wildman–Crippen MR) is 90.8 cm³/mol. The molecule has 0 unspecified atom stereocenters. The monoisotopic (exact) mass is 326 g/mol. The van der Waals surface area contributed by atoms with Gasteiger partial charge in [0, 0.05) is 30.4 Å². The molecule has 24 heavy (non-hydrogen) atoms. The van der Waals surface area contributed by atoms with Crippen molar-refractivity contribution in [3.63, 3.8) is 0 Å². The van der Waals surface area contributed by atoms with Gasteiger partial charge in [0.1, 0.15) is 0 Å². The number of rotatable bonds is 2. The Bertz CT molecular complexity index is 745. The Balaban J connectivity index is 1.67. The molecule has 0 spiro atoms. The van der Waals surface area contributed by atoms with Gasteiger partial charge in [0.25, 0.3) is 5.91 Å². The van der Waals surface area contributed by atoms with Crippen molar-refractivity contribution in [1.82, 2.24) is 20.0 Å². The molecule has 2 aromatic rings. The van der Waals surface area contributed by atoms with E-state index in [-0.39, 0.29) is 18.1 Å². The highest BCUT2D eigenvalue weighted by Crippen LogP contribution is 2.26. The molecule has 0 N–H and O–H groups in total. The van der Waals surface area contributed by atoms with Crippen LogP contribution in [-0.4, -0.2) is 70.8 Å². The Morgan fingerprint density at radius 3 is 3.08 bits per heavy atom. The van der Waals surface area contributed by atoms with Crippen LogP contribution < -0.4 is 0 Å². The zero-order valence-corrected chi connectivity index (χ0v) is 13.9. The van der Waals surface area contributed by atoms with Gasteiger partial charge in [-0.05, 0) is 13.0 Å². The van der Waals surface area contributed by atoms with Crippen LogP contribution in [0.15, 0.2) is 30.5 Å². The second-order valence-electron chi connectivity index (χ2n) is 6.44. The lowest BCUT2D eigenvalue weighted by atomic mass is 9.98. The number of ether oxygens (including phenoxy) is 1. The Morgan fingerprint density at radius 2 is 2.21 bits per heavy atom. The van der Waals surface area contributed by atoms with Gasteiger partial charge in [0.05, 0.1) is 24.9 Å². The molecule has 1 amide bonds. The average Bonchev–Trinajstić information content (AvgIpc) is 2.66. The molecule has 6 nitrogen and oxygen atoms in total. The summed E-state index contributed by atoms with van der Waals surface area (Å²) in [5.41, 5.74) is 0.447. The Hall–Kier alpha value is -2.05. The molecule has 2 saturated heterocycles. The number of benzene rings is 1. The Labute approximate surface area is 141 Å². The summed E-state index contributed by atoms with van der Waals surface area (Å²) in [4.78, 5) is 17.5. The van der Waals surface area contributed by atoms with Crippen LogP contribution in [0.5, 0.6) is 0 Å². The van der Waals surface area contributed by atoms with E-state index in [0.717, 1.165) is 36.8 Å². The molecule has 2 aliphatic heterocycles. The fourth-order valence-electron chi connectivity index (χ4n) is 3.80. The zero-order valence-electron chi connectivity index (χ0n) is 13.9. The van der Waals surface area contributed by atoms with E-state index in [4.69, 9.17) is 4.74 Å². The fourth-order valence-corrected chi connectivity index (χ4v) is 3.80. The average molecular weight is 326 g/mol. The third-order valence-electron chi connectivity index (χ3n) is 5.15. The lowest BCUT2D eigenvalue weighted by Crippen LogP contribution is -2.61. The van der Waals surface area contributed by atoms with E-state index < -0.39 is 0 Å². The number of aromatic nitrogens is 2. The second kappa shape index (κ2) is 6.45. The highest BCUT2D eigenvalue weighted by Gasteiger charge is 2.39. The number of hydrogen-bond acceptors (Lipinski definition) is 5. The van der Waals surface area contributed by atoms with Crippen molar-refractivity contribution in [2.24, 2.45) is 0 Å². The molecule has 1 aromatic carbocycles. The minimum atomic E-state index is -0.0319. The number of piperidine rings is 1. The van der Waals surface area contributed by atoms with Crippen molar-refractivity contribution < 1.29 is 9.53 Å². The maximum absolute atomic E-state index is 13.2. The maximum atomic E-state index is 13.2. The Morgan fingerprint density at radius 1 is 1.33 bits per heavy atom. The topological polar surface area (TPSA) is 58.6 Å². The van der Waals surface area contributed by atoms with Crippen molar-refractivity contribution in [3.05, 3.63) is 36.2 Å². The molecule has 3 heterocycles. The van der Waals surface area contributed by atoms with Crippen molar-refractivity contribution in [2.75, 3.05) is 32.8 Å². The van der Waals surface area contributed by atoms with E-state index in [1.807, 2.05) is 29.2 Å². The summed E-state index contributed by atoms with van der Waals surface area (Å²) >= 11 is 0. The van der Waals surface area contributed by atoms with E-state index in [0.29, 0.717) is 18.8 Å². The third-order valence-corrected chi connectivity index (χ3v) is 5.15. The lowest BCUT2D eigenvalue weighted by Gasteiger charge is -2.46. The minimum Gasteiger partial charge on any atom is -0.374 e. The van der Waals surface area contributed by atoms with Crippen LogP contribution in [0.3, 0.4) is 0 Å². The predicted octanol–water partition coefficient (Wildman–Crippen LogP) is 1.56. The molecule has 6 heteroatoms. The fraction of sp³-hybridized carbons (Fsp3) is 0.500. The zero-order chi connectivity index (χ0) is 16.5. The number of carbonyl (C=O) groups is 1. The number of amides is 1. The van der Waals surface area contributed by atoms with E-state index in [9.17, 15) is 4.79 Å². The summed E-state index contributed by atoms with van der Waals surface area (Å²) in [6.45, 7) is 6.27. The van der Waals surface area contributed by atoms with Crippen molar-refractivity contribution >= 4 is 16.7 Å². The standard InChI is InChI=1S/C18H22N4O2/c1-2-21-8-7-16-15(12-21)22(9-10-24-16)18(23)17-14-6-4-3-5-13(14)11-19-20-17/h3-6,11,15-16H,2,7-10,12H2,1H3/t15-,16+/m0/s1. The number of likely N-dealkylation sites (tertiary alicyclic amines) is 1. The number of morpholine rings is 1. The van der Waals surface area contributed by atoms with Gasteiger partial charge >= 0.3 is 0 Å². The lowest BCUT2D eigenvalue weighted by molar-refractivity contribution is -0.0897.